The van der Waals surface area contributed by atoms with E-state index < -0.39 is 0 Å². The predicted octanol–water partition coefficient (Wildman–Crippen LogP) is 7.19. The summed E-state index contributed by atoms with van der Waals surface area (Å²) in [6.07, 6.45) is 6.62. The zero-order chi connectivity index (χ0) is 22.0. The van der Waals surface area contributed by atoms with Gasteiger partial charge in [-0.1, -0.05) is 39.8 Å². The second-order valence-electron chi connectivity index (χ2n) is 9.88. The van der Waals surface area contributed by atoms with E-state index in [-0.39, 0.29) is 11.3 Å². The first kappa shape index (κ1) is 21.4. The number of hydrogen-bond acceptors (Lipinski definition) is 3. The summed E-state index contributed by atoms with van der Waals surface area (Å²) in [6.45, 7) is 8.81. The van der Waals surface area contributed by atoms with Crippen molar-refractivity contribution in [3.63, 3.8) is 0 Å². The fourth-order valence-electron chi connectivity index (χ4n) is 4.16. The first-order chi connectivity index (χ1) is 14.8. The van der Waals surface area contributed by atoms with Gasteiger partial charge in [0.05, 0.1) is 6.20 Å². The fourth-order valence-corrected chi connectivity index (χ4v) is 4.16. The Hall–Kier alpha value is -2.88. The molecule has 0 radical (unpaired) electrons. The molecule has 0 saturated heterocycles. The lowest BCUT2D eigenvalue weighted by Crippen LogP contribution is -2.14. The lowest BCUT2D eigenvalue weighted by molar-refractivity contribution is 0.102. The van der Waals surface area contributed by atoms with Crippen LogP contribution in [0.3, 0.4) is 0 Å². The van der Waals surface area contributed by atoms with Crippen LogP contribution in [0.5, 0.6) is 0 Å². The van der Waals surface area contributed by atoms with Crippen molar-refractivity contribution >= 4 is 11.6 Å². The standard InChI is InChI=1S/C27H32N2O2/c1-18-5-7-21(8-6-18)26-28-17-24(31-26)19-11-15-23(16-12-19)29-25(30)20-9-13-22(14-10-20)27(2,3)4/h9-18,21H,5-8H2,1-4H3,(H,29,30). The summed E-state index contributed by atoms with van der Waals surface area (Å²) in [5, 5.41) is 2.97. The molecule has 0 aliphatic heterocycles. The van der Waals surface area contributed by atoms with Crippen molar-refractivity contribution in [1.29, 1.82) is 0 Å². The first-order valence-electron chi connectivity index (χ1n) is 11.3. The molecule has 1 fully saturated rings. The molecule has 1 heterocycles. The highest BCUT2D eigenvalue weighted by molar-refractivity contribution is 6.04. The van der Waals surface area contributed by atoms with Crippen molar-refractivity contribution in [2.24, 2.45) is 5.92 Å². The maximum Gasteiger partial charge on any atom is 0.255 e. The third-order valence-electron chi connectivity index (χ3n) is 6.33. The lowest BCUT2D eigenvalue weighted by atomic mass is 9.83. The number of rotatable bonds is 4. The third-order valence-corrected chi connectivity index (χ3v) is 6.33. The van der Waals surface area contributed by atoms with Gasteiger partial charge in [0.25, 0.3) is 5.91 Å². The molecule has 31 heavy (non-hydrogen) atoms. The van der Waals surface area contributed by atoms with Crippen LogP contribution in [0.1, 0.15) is 81.1 Å². The van der Waals surface area contributed by atoms with Gasteiger partial charge in [-0.25, -0.2) is 4.98 Å². The van der Waals surface area contributed by atoms with Gasteiger partial charge in [-0.2, -0.15) is 0 Å². The molecule has 0 atom stereocenters. The lowest BCUT2D eigenvalue weighted by Gasteiger charge is -2.23. The average molecular weight is 417 g/mol. The fraction of sp³-hybridized carbons (Fsp3) is 0.407. The van der Waals surface area contributed by atoms with Gasteiger partial charge in [0.1, 0.15) is 0 Å². The molecule has 162 valence electrons. The highest BCUT2D eigenvalue weighted by Crippen LogP contribution is 2.36. The molecule has 3 aromatic rings. The summed E-state index contributed by atoms with van der Waals surface area (Å²) in [7, 11) is 0. The maximum absolute atomic E-state index is 12.6. The number of carbonyl (C=O) groups excluding carboxylic acids is 1. The Balaban J connectivity index is 1.40. The number of amides is 1. The van der Waals surface area contributed by atoms with Crippen LogP contribution < -0.4 is 5.32 Å². The van der Waals surface area contributed by atoms with E-state index in [1.807, 2.05) is 54.7 Å². The molecule has 0 bridgehead atoms. The van der Waals surface area contributed by atoms with Crippen LogP contribution in [0.2, 0.25) is 0 Å². The van der Waals surface area contributed by atoms with Crippen LogP contribution in [-0.4, -0.2) is 10.9 Å². The molecule has 1 N–H and O–H groups in total. The molecule has 1 aliphatic rings. The topological polar surface area (TPSA) is 55.1 Å². The van der Waals surface area contributed by atoms with Crippen molar-refractivity contribution in [2.45, 2.75) is 64.7 Å². The Morgan fingerprint density at radius 1 is 0.968 bits per heavy atom. The van der Waals surface area contributed by atoms with Crippen molar-refractivity contribution in [1.82, 2.24) is 4.98 Å². The van der Waals surface area contributed by atoms with E-state index in [0.29, 0.717) is 11.5 Å². The molecule has 0 spiro atoms. The minimum Gasteiger partial charge on any atom is -0.440 e. The Labute approximate surface area is 185 Å². The highest BCUT2D eigenvalue weighted by Gasteiger charge is 2.23. The van der Waals surface area contributed by atoms with E-state index in [2.05, 4.69) is 38.0 Å². The number of nitrogens with zero attached hydrogens (tertiary/aromatic N) is 1. The Morgan fingerprint density at radius 2 is 1.61 bits per heavy atom. The Kier molecular flexibility index (Phi) is 5.99. The van der Waals surface area contributed by atoms with Gasteiger partial charge in [0, 0.05) is 22.7 Å². The van der Waals surface area contributed by atoms with E-state index >= 15 is 0 Å². The molecule has 4 heteroatoms. The molecule has 4 nitrogen and oxygen atoms in total. The zero-order valence-corrected chi connectivity index (χ0v) is 18.9. The first-order valence-corrected chi connectivity index (χ1v) is 11.3. The molecule has 0 unspecified atom stereocenters. The van der Waals surface area contributed by atoms with E-state index in [1.165, 1.54) is 18.4 Å². The minimum absolute atomic E-state index is 0.0703. The summed E-state index contributed by atoms with van der Waals surface area (Å²) in [5.74, 6) is 2.78. The molecular formula is C27H32N2O2. The molecule has 1 amide bonds. The van der Waals surface area contributed by atoms with Gasteiger partial charge in [0.15, 0.2) is 11.7 Å². The van der Waals surface area contributed by atoms with Gasteiger partial charge in [-0.05, 0) is 79.0 Å². The van der Waals surface area contributed by atoms with Gasteiger partial charge < -0.3 is 9.73 Å². The second kappa shape index (κ2) is 8.70. The SMILES string of the molecule is CC1CCC(c2ncc(-c3ccc(NC(=O)c4ccc(C(C)(C)C)cc4)cc3)o2)CC1. The number of benzene rings is 2. The van der Waals surface area contributed by atoms with E-state index in [0.717, 1.165) is 41.7 Å². The van der Waals surface area contributed by atoms with Crippen LogP contribution in [0.15, 0.2) is 59.1 Å². The monoisotopic (exact) mass is 416 g/mol. The van der Waals surface area contributed by atoms with Gasteiger partial charge >= 0.3 is 0 Å². The second-order valence-corrected chi connectivity index (χ2v) is 9.88. The number of carbonyl (C=O) groups is 1. The maximum atomic E-state index is 12.6. The van der Waals surface area contributed by atoms with Gasteiger partial charge in [-0.3, -0.25) is 4.79 Å². The van der Waals surface area contributed by atoms with E-state index in [1.54, 1.807) is 0 Å². The van der Waals surface area contributed by atoms with Crippen LogP contribution in [-0.2, 0) is 5.41 Å². The highest BCUT2D eigenvalue weighted by atomic mass is 16.4. The number of oxazole rings is 1. The molecule has 1 saturated carbocycles. The summed E-state index contributed by atoms with van der Waals surface area (Å²) in [5.41, 5.74) is 3.66. The van der Waals surface area contributed by atoms with Crippen LogP contribution in [0, 0.1) is 5.92 Å². The van der Waals surface area contributed by atoms with E-state index in [9.17, 15) is 4.79 Å². The van der Waals surface area contributed by atoms with Crippen molar-refractivity contribution in [3.8, 4) is 11.3 Å². The van der Waals surface area contributed by atoms with Crippen LogP contribution in [0.25, 0.3) is 11.3 Å². The Morgan fingerprint density at radius 3 is 2.23 bits per heavy atom. The summed E-state index contributed by atoms with van der Waals surface area (Å²) in [4.78, 5) is 17.1. The molecule has 1 aromatic heterocycles. The third kappa shape index (κ3) is 5.07. The van der Waals surface area contributed by atoms with E-state index in [4.69, 9.17) is 4.42 Å². The zero-order valence-electron chi connectivity index (χ0n) is 18.9. The van der Waals surface area contributed by atoms with Crippen LogP contribution in [0.4, 0.5) is 5.69 Å². The number of hydrogen-bond donors (Lipinski definition) is 1. The average Bonchev–Trinajstić information content (AvgIpc) is 3.24. The predicted molar refractivity (Wildman–Crippen MR) is 125 cm³/mol. The summed E-state index contributed by atoms with van der Waals surface area (Å²) < 4.78 is 6.07. The summed E-state index contributed by atoms with van der Waals surface area (Å²) in [6, 6.07) is 15.5. The van der Waals surface area contributed by atoms with Crippen molar-refractivity contribution in [3.05, 3.63) is 71.7 Å². The van der Waals surface area contributed by atoms with Crippen molar-refractivity contribution in [2.75, 3.05) is 5.32 Å². The van der Waals surface area contributed by atoms with Crippen molar-refractivity contribution < 1.29 is 9.21 Å². The smallest absolute Gasteiger partial charge is 0.255 e. The molecule has 4 rings (SSSR count). The minimum atomic E-state index is -0.110. The molecular weight excluding hydrogens is 384 g/mol. The molecule has 1 aliphatic carbocycles. The largest absolute Gasteiger partial charge is 0.440 e. The number of nitrogens with one attached hydrogen (secondary N) is 1. The Bertz CT molecular complexity index is 1020. The molecule has 2 aromatic carbocycles. The number of anilines is 1. The van der Waals surface area contributed by atoms with Crippen LogP contribution >= 0.6 is 0 Å². The van der Waals surface area contributed by atoms with Gasteiger partial charge in [-0.15, -0.1) is 0 Å². The normalized spacial score (nSPS) is 19.2. The summed E-state index contributed by atoms with van der Waals surface area (Å²) >= 11 is 0. The van der Waals surface area contributed by atoms with Gasteiger partial charge in [0.2, 0.25) is 0 Å². The quantitative estimate of drug-likeness (QED) is 0.490. The number of aromatic nitrogens is 1.